The monoisotopic (exact) mass is 434 g/mol. The first-order chi connectivity index (χ1) is 14.8. The average Bonchev–Trinajstić information content (AvgIpc) is 2.75. The molecule has 1 amide bonds. The number of carbonyl (C=O) groups is 2. The number of nitrogens with zero attached hydrogens (tertiary/aromatic N) is 1. The van der Waals surface area contributed by atoms with Crippen molar-refractivity contribution in [3.05, 3.63) is 82.9 Å². The predicted molar refractivity (Wildman–Crippen MR) is 124 cm³/mol. The Labute approximate surface area is 186 Å². The summed E-state index contributed by atoms with van der Waals surface area (Å²) in [7, 11) is 0. The fourth-order valence-corrected chi connectivity index (χ4v) is 4.37. The number of benzene rings is 3. The number of carbonyl (C=O) groups excluding carboxylic acids is 1. The SMILES string of the molecule is CC(=O)N1c2ccc(-c3cccc(C(=O)O)c3)cc2[C@H](Nc2ccc(Cl)cc2)C[C@@H]1C. The first kappa shape index (κ1) is 20.9. The Morgan fingerprint density at radius 3 is 2.42 bits per heavy atom. The Morgan fingerprint density at radius 1 is 1.03 bits per heavy atom. The van der Waals surface area contributed by atoms with Gasteiger partial charge in [-0.3, -0.25) is 4.79 Å². The zero-order valence-electron chi connectivity index (χ0n) is 17.3. The highest BCUT2D eigenvalue weighted by molar-refractivity contribution is 6.30. The van der Waals surface area contributed by atoms with Crippen molar-refractivity contribution in [2.75, 3.05) is 10.2 Å². The molecule has 3 aromatic carbocycles. The maximum Gasteiger partial charge on any atom is 0.335 e. The number of rotatable bonds is 4. The average molecular weight is 435 g/mol. The first-order valence-electron chi connectivity index (χ1n) is 10.1. The highest BCUT2D eigenvalue weighted by Crippen LogP contribution is 2.41. The van der Waals surface area contributed by atoms with Crippen LogP contribution in [0.25, 0.3) is 11.1 Å². The lowest BCUT2D eigenvalue weighted by molar-refractivity contribution is -0.117. The van der Waals surface area contributed by atoms with Crippen LogP contribution in [-0.2, 0) is 4.79 Å². The van der Waals surface area contributed by atoms with E-state index in [1.165, 1.54) is 0 Å². The summed E-state index contributed by atoms with van der Waals surface area (Å²) >= 11 is 6.02. The number of halogens is 1. The van der Waals surface area contributed by atoms with Gasteiger partial charge in [-0.15, -0.1) is 0 Å². The number of carboxylic acid groups (broad SMARTS) is 1. The van der Waals surface area contributed by atoms with E-state index in [2.05, 4.69) is 5.32 Å². The van der Waals surface area contributed by atoms with Gasteiger partial charge < -0.3 is 15.3 Å². The van der Waals surface area contributed by atoms with Crippen LogP contribution in [0.1, 0.15) is 42.2 Å². The Kier molecular flexibility index (Phi) is 5.70. The molecule has 4 rings (SSSR count). The van der Waals surface area contributed by atoms with Gasteiger partial charge in [-0.2, -0.15) is 0 Å². The zero-order valence-corrected chi connectivity index (χ0v) is 18.1. The van der Waals surface area contributed by atoms with Gasteiger partial charge in [-0.1, -0.05) is 29.8 Å². The van der Waals surface area contributed by atoms with Crippen LogP contribution in [0.4, 0.5) is 11.4 Å². The molecule has 1 heterocycles. The fraction of sp³-hybridized carbons (Fsp3) is 0.200. The van der Waals surface area contributed by atoms with Crippen molar-refractivity contribution in [3.8, 4) is 11.1 Å². The standard InChI is InChI=1S/C25H23ClN2O3/c1-15-12-23(27-21-9-7-20(26)8-10-21)22-14-18(6-11-24(22)28(15)16(2)29)17-4-3-5-19(13-17)25(30)31/h3-11,13-15,23,27H,12H2,1-2H3,(H,30,31)/t15-,23+/m0/s1. The molecule has 0 spiro atoms. The van der Waals surface area contributed by atoms with Gasteiger partial charge in [-0.25, -0.2) is 4.79 Å². The van der Waals surface area contributed by atoms with Crippen molar-refractivity contribution in [2.45, 2.75) is 32.4 Å². The van der Waals surface area contributed by atoms with Gasteiger partial charge in [0.25, 0.3) is 0 Å². The third-order valence-corrected chi connectivity index (χ3v) is 5.90. The number of nitrogens with one attached hydrogen (secondary N) is 1. The quantitative estimate of drug-likeness (QED) is 0.528. The van der Waals surface area contributed by atoms with E-state index < -0.39 is 5.97 Å². The normalized spacial score (nSPS) is 17.7. The van der Waals surface area contributed by atoms with Crippen molar-refractivity contribution in [1.82, 2.24) is 0 Å². The van der Waals surface area contributed by atoms with E-state index in [0.717, 1.165) is 34.5 Å². The number of hydrogen-bond acceptors (Lipinski definition) is 3. The second kappa shape index (κ2) is 8.44. The van der Waals surface area contributed by atoms with Crippen molar-refractivity contribution in [2.24, 2.45) is 0 Å². The minimum absolute atomic E-state index is 0.000632. The van der Waals surface area contributed by atoms with Gasteiger partial charge in [0.1, 0.15) is 0 Å². The number of carboxylic acids is 1. The van der Waals surface area contributed by atoms with Gasteiger partial charge >= 0.3 is 5.97 Å². The van der Waals surface area contributed by atoms with E-state index >= 15 is 0 Å². The van der Waals surface area contributed by atoms with Crippen molar-refractivity contribution in [1.29, 1.82) is 0 Å². The van der Waals surface area contributed by atoms with Gasteiger partial charge in [-0.05, 0) is 78.6 Å². The van der Waals surface area contributed by atoms with Crippen LogP contribution < -0.4 is 10.2 Å². The second-order valence-corrected chi connectivity index (χ2v) is 8.27. The largest absolute Gasteiger partial charge is 0.478 e. The summed E-state index contributed by atoms with van der Waals surface area (Å²) in [6.45, 7) is 3.63. The molecule has 0 fully saturated rings. The van der Waals surface area contributed by atoms with Crippen LogP contribution in [0, 0.1) is 0 Å². The molecule has 3 aromatic rings. The van der Waals surface area contributed by atoms with E-state index in [1.807, 2.05) is 60.4 Å². The molecular weight excluding hydrogens is 412 g/mol. The van der Waals surface area contributed by atoms with E-state index in [4.69, 9.17) is 11.6 Å². The Hall–Kier alpha value is -3.31. The topological polar surface area (TPSA) is 69.6 Å². The number of hydrogen-bond donors (Lipinski definition) is 2. The lowest BCUT2D eigenvalue weighted by Gasteiger charge is -2.39. The summed E-state index contributed by atoms with van der Waals surface area (Å²) in [6, 6.07) is 20.4. The summed E-state index contributed by atoms with van der Waals surface area (Å²) in [5.74, 6) is -0.960. The van der Waals surface area contributed by atoms with Crippen LogP contribution in [0.2, 0.25) is 5.02 Å². The molecule has 2 atom stereocenters. The van der Waals surface area contributed by atoms with E-state index in [1.54, 1.807) is 25.1 Å². The number of anilines is 2. The molecular formula is C25H23ClN2O3. The van der Waals surface area contributed by atoms with Gasteiger partial charge in [0.05, 0.1) is 11.6 Å². The van der Waals surface area contributed by atoms with Crippen LogP contribution in [0.3, 0.4) is 0 Å². The molecule has 5 nitrogen and oxygen atoms in total. The van der Waals surface area contributed by atoms with Gasteiger partial charge in [0.15, 0.2) is 0 Å². The molecule has 0 aliphatic carbocycles. The van der Waals surface area contributed by atoms with Crippen LogP contribution in [-0.4, -0.2) is 23.0 Å². The van der Waals surface area contributed by atoms with E-state index in [-0.39, 0.29) is 23.6 Å². The van der Waals surface area contributed by atoms with Crippen LogP contribution in [0.5, 0.6) is 0 Å². The lowest BCUT2D eigenvalue weighted by atomic mass is 9.88. The summed E-state index contributed by atoms with van der Waals surface area (Å²) in [5, 5.41) is 13.6. The molecule has 2 N–H and O–H groups in total. The highest BCUT2D eigenvalue weighted by atomic mass is 35.5. The summed E-state index contributed by atoms with van der Waals surface area (Å²) < 4.78 is 0. The molecule has 0 aromatic heterocycles. The zero-order chi connectivity index (χ0) is 22.1. The third-order valence-electron chi connectivity index (χ3n) is 5.65. The molecule has 0 saturated carbocycles. The lowest BCUT2D eigenvalue weighted by Crippen LogP contribution is -2.43. The third kappa shape index (κ3) is 4.28. The van der Waals surface area contributed by atoms with Gasteiger partial charge in [0, 0.05) is 29.4 Å². The van der Waals surface area contributed by atoms with Gasteiger partial charge in [0.2, 0.25) is 5.91 Å². The minimum Gasteiger partial charge on any atom is -0.478 e. The molecule has 1 aliphatic heterocycles. The van der Waals surface area contributed by atoms with Crippen molar-refractivity contribution in [3.63, 3.8) is 0 Å². The fourth-order valence-electron chi connectivity index (χ4n) is 4.24. The van der Waals surface area contributed by atoms with Crippen molar-refractivity contribution < 1.29 is 14.7 Å². The maximum absolute atomic E-state index is 12.4. The van der Waals surface area contributed by atoms with E-state index in [0.29, 0.717) is 5.02 Å². The van der Waals surface area contributed by atoms with Crippen molar-refractivity contribution >= 4 is 34.9 Å². The predicted octanol–water partition coefficient (Wildman–Crippen LogP) is 6.00. The molecule has 0 unspecified atom stereocenters. The Morgan fingerprint density at radius 2 is 1.74 bits per heavy atom. The Bertz CT molecular complexity index is 1140. The van der Waals surface area contributed by atoms with E-state index in [9.17, 15) is 14.7 Å². The Balaban J connectivity index is 1.78. The summed E-state index contributed by atoms with van der Waals surface area (Å²) in [6.07, 6.45) is 0.744. The van der Waals surface area contributed by atoms with Crippen LogP contribution in [0.15, 0.2) is 66.7 Å². The number of aromatic carboxylic acids is 1. The minimum atomic E-state index is -0.960. The summed E-state index contributed by atoms with van der Waals surface area (Å²) in [4.78, 5) is 25.6. The second-order valence-electron chi connectivity index (χ2n) is 7.84. The summed E-state index contributed by atoms with van der Waals surface area (Å²) in [5.41, 5.74) is 4.79. The molecule has 6 heteroatoms. The number of fused-ring (bicyclic) bond motifs is 1. The highest BCUT2D eigenvalue weighted by Gasteiger charge is 2.32. The van der Waals surface area contributed by atoms with Crippen LogP contribution >= 0.6 is 11.6 Å². The molecule has 158 valence electrons. The molecule has 0 bridgehead atoms. The first-order valence-corrected chi connectivity index (χ1v) is 10.5. The molecule has 0 radical (unpaired) electrons. The molecule has 1 aliphatic rings. The number of amides is 1. The maximum atomic E-state index is 12.4. The smallest absolute Gasteiger partial charge is 0.335 e. The molecule has 0 saturated heterocycles. The molecule has 31 heavy (non-hydrogen) atoms.